The van der Waals surface area contributed by atoms with E-state index in [9.17, 15) is 17.4 Å². The number of nitrogens with zero attached hydrogens (tertiary/aromatic N) is 1. The number of nitrogens with one attached hydrogen (secondary N) is 1. The molecule has 1 aliphatic heterocycles. The zero-order valence-corrected chi connectivity index (χ0v) is 11.8. The van der Waals surface area contributed by atoms with Crippen molar-refractivity contribution >= 4 is 27.0 Å². The van der Waals surface area contributed by atoms with Crippen LogP contribution < -0.4 is 4.72 Å². The molecule has 0 spiro atoms. The van der Waals surface area contributed by atoms with Crippen molar-refractivity contribution in [2.75, 3.05) is 31.6 Å². The lowest BCUT2D eigenvalue weighted by Crippen LogP contribution is -2.46. The third-order valence-electron chi connectivity index (χ3n) is 2.82. The molecule has 1 fully saturated rings. The summed E-state index contributed by atoms with van der Waals surface area (Å²) in [6.07, 6.45) is 2.17. The van der Waals surface area contributed by atoms with Crippen molar-refractivity contribution in [1.82, 2.24) is 9.03 Å². The number of rotatable bonds is 6. The molecular weight excluding hydrogens is 280 g/mol. The molecule has 18 heavy (non-hydrogen) atoms. The molecule has 9 heteroatoms. The van der Waals surface area contributed by atoms with E-state index in [0.29, 0.717) is 12.8 Å². The fraction of sp³-hybridized carbons (Fsp3) is 0.889. The maximum absolute atomic E-state index is 11.8. The molecule has 2 N–H and O–H groups in total. The third-order valence-corrected chi connectivity index (χ3v) is 5.21. The molecule has 0 saturated carbocycles. The van der Waals surface area contributed by atoms with Crippen LogP contribution in [0.25, 0.3) is 0 Å². The normalized spacial score (nSPS) is 20.7. The van der Waals surface area contributed by atoms with Crippen molar-refractivity contribution in [1.29, 1.82) is 0 Å². The van der Waals surface area contributed by atoms with Gasteiger partial charge in [-0.1, -0.05) is 0 Å². The molecule has 1 saturated heterocycles. The van der Waals surface area contributed by atoms with Gasteiger partial charge in [0.15, 0.2) is 0 Å². The number of carboxylic acids is 1. The third kappa shape index (κ3) is 4.63. The van der Waals surface area contributed by atoms with Gasteiger partial charge in [0.2, 0.25) is 0 Å². The minimum atomic E-state index is -3.57. The molecule has 106 valence electrons. The summed E-state index contributed by atoms with van der Waals surface area (Å²) >= 11 is 0. The molecule has 0 aliphatic carbocycles. The van der Waals surface area contributed by atoms with Gasteiger partial charge in [0.05, 0.1) is 5.92 Å². The second-order valence-electron chi connectivity index (χ2n) is 4.19. The minimum Gasteiger partial charge on any atom is -0.481 e. The zero-order chi connectivity index (χ0) is 13.8. The Balaban J connectivity index is 2.45. The lowest BCUT2D eigenvalue weighted by atomic mass is 9.99. The quantitative estimate of drug-likeness (QED) is 0.654. The van der Waals surface area contributed by atoms with Crippen molar-refractivity contribution in [2.24, 2.45) is 5.92 Å². The number of carbonyl (C=O) groups is 1. The van der Waals surface area contributed by atoms with Crippen LogP contribution in [0.15, 0.2) is 0 Å². The summed E-state index contributed by atoms with van der Waals surface area (Å²) < 4.78 is 38.0. The van der Waals surface area contributed by atoms with E-state index < -0.39 is 32.9 Å². The van der Waals surface area contributed by atoms with E-state index >= 15 is 0 Å². The van der Waals surface area contributed by atoms with Crippen molar-refractivity contribution in [3.05, 3.63) is 0 Å². The van der Waals surface area contributed by atoms with E-state index in [1.807, 2.05) is 0 Å². The van der Waals surface area contributed by atoms with E-state index in [2.05, 4.69) is 4.72 Å². The molecule has 1 unspecified atom stereocenters. The number of hydrogen-bond acceptors (Lipinski definition) is 4. The molecule has 7 nitrogen and oxygen atoms in total. The van der Waals surface area contributed by atoms with E-state index in [1.54, 1.807) is 0 Å². The first-order valence-electron chi connectivity index (χ1n) is 5.60. The summed E-state index contributed by atoms with van der Waals surface area (Å²) in [7, 11) is -4.61. The van der Waals surface area contributed by atoms with E-state index in [1.165, 1.54) is 10.6 Å². The van der Waals surface area contributed by atoms with Gasteiger partial charge in [-0.2, -0.15) is 12.7 Å². The van der Waals surface area contributed by atoms with Gasteiger partial charge in [-0.05, 0) is 12.8 Å². The smallest absolute Gasteiger partial charge is 0.306 e. The zero-order valence-electron chi connectivity index (χ0n) is 10.2. The lowest BCUT2D eigenvalue weighted by molar-refractivity contribution is -0.142. The molecule has 0 aromatic rings. The summed E-state index contributed by atoms with van der Waals surface area (Å²) in [5.41, 5.74) is 0. The highest BCUT2D eigenvalue weighted by Crippen LogP contribution is 2.18. The summed E-state index contributed by atoms with van der Waals surface area (Å²) in [6, 6.07) is 0. The first-order valence-corrected chi connectivity index (χ1v) is 8.77. The molecule has 1 heterocycles. The highest BCUT2D eigenvalue weighted by molar-refractivity contribution is 7.87. The second kappa shape index (κ2) is 6.60. The molecule has 1 rings (SSSR count). The monoisotopic (exact) mass is 298 g/mol. The Morgan fingerprint density at radius 2 is 2.00 bits per heavy atom. The average molecular weight is 298 g/mol. The second-order valence-corrected chi connectivity index (χ2v) is 7.50. The number of piperidine rings is 1. The van der Waals surface area contributed by atoms with Crippen LogP contribution in [0, 0.1) is 5.92 Å². The summed E-state index contributed by atoms with van der Waals surface area (Å²) in [6.45, 7) is 0.549. The standard InChI is InChI=1S/C9H18N2O5S2/c1-17(14)7-4-10-18(15,16)11-5-2-8(3-6-11)9(12)13/h8,10H,2-7H2,1H3,(H,12,13). The van der Waals surface area contributed by atoms with Crippen LogP contribution in [0.4, 0.5) is 0 Å². The maximum Gasteiger partial charge on any atom is 0.306 e. The average Bonchev–Trinajstić information content (AvgIpc) is 2.28. The maximum atomic E-state index is 11.8. The van der Waals surface area contributed by atoms with Crippen LogP contribution in [-0.4, -0.2) is 59.7 Å². The topological polar surface area (TPSA) is 104 Å². The first kappa shape index (κ1) is 15.5. The van der Waals surface area contributed by atoms with Gasteiger partial charge in [-0.3, -0.25) is 9.00 Å². The molecule has 0 bridgehead atoms. The van der Waals surface area contributed by atoms with Crippen molar-refractivity contribution < 1.29 is 22.5 Å². The molecular formula is C9H18N2O5S2. The molecule has 0 aromatic carbocycles. The van der Waals surface area contributed by atoms with Crippen LogP contribution in [0.1, 0.15) is 12.8 Å². The molecule has 1 aliphatic rings. The Bertz CT molecular complexity index is 415. The van der Waals surface area contributed by atoms with Gasteiger partial charge in [0, 0.05) is 42.4 Å². The van der Waals surface area contributed by atoms with Crippen LogP contribution in [0.5, 0.6) is 0 Å². The Morgan fingerprint density at radius 3 is 2.44 bits per heavy atom. The number of aliphatic carboxylic acids is 1. The lowest BCUT2D eigenvalue weighted by Gasteiger charge is -2.29. The van der Waals surface area contributed by atoms with Gasteiger partial charge >= 0.3 is 5.97 Å². The minimum absolute atomic E-state index is 0.129. The fourth-order valence-corrected chi connectivity index (χ4v) is 3.50. The van der Waals surface area contributed by atoms with Gasteiger partial charge < -0.3 is 5.11 Å². The molecule has 1 atom stereocenters. The van der Waals surface area contributed by atoms with E-state index in [-0.39, 0.29) is 25.4 Å². The van der Waals surface area contributed by atoms with Gasteiger partial charge in [0.25, 0.3) is 10.2 Å². The molecule has 0 amide bonds. The molecule has 0 aromatic heterocycles. The van der Waals surface area contributed by atoms with E-state index in [4.69, 9.17) is 5.11 Å². The fourth-order valence-electron chi connectivity index (χ4n) is 1.75. The van der Waals surface area contributed by atoms with Gasteiger partial charge in [0.1, 0.15) is 0 Å². The number of hydrogen-bond donors (Lipinski definition) is 2. The van der Waals surface area contributed by atoms with Gasteiger partial charge in [-0.25, -0.2) is 4.72 Å². The highest BCUT2D eigenvalue weighted by atomic mass is 32.2. The Kier molecular flexibility index (Phi) is 5.70. The van der Waals surface area contributed by atoms with Crippen molar-refractivity contribution in [3.8, 4) is 0 Å². The summed E-state index contributed by atoms with van der Waals surface area (Å²) in [4.78, 5) is 10.7. The summed E-state index contributed by atoms with van der Waals surface area (Å²) in [5, 5.41) is 8.81. The van der Waals surface area contributed by atoms with E-state index in [0.717, 1.165) is 0 Å². The van der Waals surface area contributed by atoms with Crippen LogP contribution in [0.2, 0.25) is 0 Å². The Hall–Kier alpha value is -0.510. The largest absolute Gasteiger partial charge is 0.481 e. The predicted molar refractivity (Wildman–Crippen MR) is 67.8 cm³/mol. The van der Waals surface area contributed by atoms with Crippen LogP contribution in [0.3, 0.4) is 0 Å². The first-order chi connectivity index (χ1) is 8.33. The van der Waals surface area contributed by atoms with Crippen LogP contribution >= 0.6 is 0 Å². The highest BCUT2D eigenvalue weighted by Gasteiger charge is 2.30. The van der Waals surface area contributed by atoms with Crippen LogP contribution in [-0.2, 0) is 25.8 Å². The Labute approximate surface area is 109 Å². The Morgan fingerprint density at radius 1 is 1.44 bits per heavy atom. The SMILES string of the molecule is CS(=O)CCNS(=O)(=O)N1CCC(C(=O)O)CC1. The van der Waals surface area contributed by atoms with Crippen molar-refractivity contribution in [3.63, 3.8) is 0 Å². The van der Waals surface area contributed by atoms with Gasteiger partial charge in [-0.15, -0.1) is 0 Å². The summed E-state index contributed by atoms with van der Waals surface area (Å²) in [5.74, 6) is -1.06. The number of carboxylic acid groups (broad SMARTS) is 1. The molecule has 0 radical (unpaired) electrons. The van der Waals surface area contributed by atoms with Crippen molar-refractivity contribution in [2.45, 2.75) is 12.8 Å². The predicted octanol–water partition coefficient (Wildman–Crippen LogP) is -1.00.